The second-order valence-corrected chi connectivity index (χ2v) is 5.78. The maximum atomic E-state index is 10.9. The van der Waals surface area contributed by atoms with Crippen LogP contribution in [0.25, 0.3) is 0 Å². The van der Waals surface area contributed by atoms with Gasteiger partial charge in [-0.2, -0.15) is 0 Å². The Labute approximate surface area is 118 Å². The molecule has 1 rings (SSSR count). The molecular formula is C13H20BNO5. The molecule has 1 heterocycles. The van der Waals surface area contributed by atoms with Crippen molar-refractivity contribution >= 4 is 18.6 Å². The Morgan fingerprint density at radius 3 is 2.30 bits per heavy atom. The molecule has 0 amide bonds. The van der Waals surface area contributed by atoms with E-state index in [0.717, 1.165) is 0 Å². The van der Waals surface area contributed by atoms with Crippen LogP contribution in [0.1, 0.15) is 43.7 Å². The first-order valence-electron chi connectivity index (χ1n) is 6.24. The molecule has 1 aromatic heterocycles. The van der Waals surface area contributed by atoms with Crippen molar-refractivity contribution in [1.29, 1.82) is 0 Å². The number of aryl methyl sites for hydroxylation is 1. The number of rotatable bonds is 5. The molecular weight excluding hydrogens is 261 g/mol. The molecule has 0 aliphatic heterocycles. The second kappa shape index (κ2) is 5.51. The molecule has 0 saturated heterocycles. The van der Waals surface area contributed by atoms with Crippen LogP contribution in [0.5, 0.6) is 0 Å². The molecule has 1 aromatic rings. The van der Waals surface area contributed by atoms with Crippen molar-refractivity contribution in [2.24, 2.45) is 0 Å². The molecule has 0 aromatic carbocycles. The molecule has 0 bridgehead atoms. The molecule has 0 unspecified atom stereocenters. The van der Waals surface area contributed by atoms with Crippen LogP contribution in [0.2, 0.25) is 0 Å². The normalized spacial score (nSPS) is 12.3. The lowest BCUT2D eigenvalue weighted by atomic mass is 9.77. The fourth-order valence-electron chi connectivity index (χ4n) is 1.45. The maximum Gasteiger partial charge on any atom is 0.493 e. The van der Waals surface area contributed by atoms with E-state index in [-0.39, 0.29) is 5.69 Å². The Hall–Kier alpha value is -1.44. The number of hydrogen-bond donors (Lipinski definition) is 3. The first kappa shape index (κ1) is 16.6. The van der Waals surface area contributed by atoms with Crippen molar-refractivity contribution in [3.63, 3.8) is 0 Å². The van der Waals surface area contributed by atoms with E-state index in [1.54, 1.807) is 34.6 Å². The highest BCUT2D eigenvalue weighted by Gasteiger charge is 2.39. The van der Waals surface area contributed by atoms with Gasteiger partial charge in [-0.1, -0.05) is 6.07 Å². The highest BCUT2D eigenvalue weighted by molar-refractivity contribution is 6.60. The van der Waals surface area contributed by atoms with Crippen molar-refractivity contribution in [2.75, 3.05) is 0 Å². The third-order valence-corrected chi connectivity index (χ3v) is 3.47. The minimum absolute atomic E-state index is 0.0669. The predicted molar refractivity (Wildman–Crippen MR) is 75.0 cm³/mol. The maximum absolute atomic E-state index is 10.9. The van der Waals surface area contributed by atoms with Crippen molar-refractivity contribution in [2.45, 2.75) is 45.8 Å². The molecule has 20 heavy (non-hydrogen) atoms. The standard InChI is InChI=1S/C13H20BNO5/c1-8-6-9(7-15-10(8)11(16)17)14(19)20-13(4,5)12(2,3)18/h6-7,18-19H,1-5H3,(H,16,17). The largest absolute Gasteiger partial charge is 0.493 e. The molecule has 0 saturated carbocycles. The molecule has 6 nitrogen and oxygen atoms in total. The molecule has 3 N–H and O–H groups in total. The summed E-state index contributed by atoms with van der Waals surface area (Å²) in [7, 11) is -1.30. The second-order valence-electron chi connectivity index (χ2n) is 5.78. The molecule has 0 spiro atoms. The van der Waals surface area contributed by atoms with E-state index in [1.807, 2.05) is 0 Å². The van der Waals surface area contributed by atoms with Crippen molar-refractivity contribution < 1.29 is 24.7 Å². The van der Waals surface area contributed by atoms with E-state index in [9.17, 15) is 14.9 Å². The van der Waals surface area contributed by atoms with Gasteiger partial charge in [-0.15, -0.1) is 0 Å². The quantitative estimate of drug-likeness (QED) is 0.673. The van der Waals surface area contributed by atoms with Crippen LogP contribution < -0.4 is 5.46 Å². The average molecular weight is 281 g/mol. The van der Waals surface area contributed by atoms with E-state index in [2.05, 4.69) is 4.98 Å². The summed E-state index contributed by atoms with van der Waals surface area (Å²) in [6.45, 7) is 8.06. The number of pyridine rings is 1. The minimum Gasteiger partial charge on any atom is -0.477 e. The van der Waals surface area contributed by atoms with Gasteiger partial charge < -0.3 is 19.9 Å². The Morgan fingerprint density at radius 2 is 1.90 bits per heavy atom. The fourth-order valence-corrected chi connectivity index (χ4v) is 1.45. The van der Waals surface area contributed by atoms with Crippen LogP contribution in [0.15, 0.2) is 12.3 Å². The van der Waals surface area contributed by atoms with E-state index in [0.29, 0.717) is 11.0 Å². The van der Waals surface area contributed by atoms with Gasteiger partial charge in [-0.25, -0.2) is 9.78 Å². The Morgan fingerprint density at radius 1 is 1.35 bits per heavy atom. The summed E-state index contributed by atoms with van der Waals surface area (Å²) in [5, 5.41) is 28.9. The molecule has 0 radical (unpaired) electrons. The minimum atomic E-state index is -1.30. The Balaban J connectivity index is 2.97. The summed E-state index contributed by atoms with van der Waals surface area (Å²) in [5.41, 5.74) is -1.45. The summed E-state index contributed by atoms with van der Waals surface area (Å²) in [4.78, 5) is 14.7. The molecule has 7 heteroatoms. The van der Waals surface area contributed by atoms with E-state index in [4.69, 9.17) is 9.76 Å². The van der Waals surface area contributed by atoms with E-state index in [1.165, 1.54) is 12.3 Å². The molecule has 110 valence electrons. The van der Waals surface area contributed by atoms with E-state index >= 15 is 0 Å². The summed E-state index contributed by atoms with van der Waals surface area (Å²) < 4.78 is 5.46. The van der Waals surface area contributed by atoms with Crippen LogP contribution in [-0.2, 0) is 4.65 Å². The number of aliphatic hydroxyl groups is 1. The van der Waals surface area contributed by atoms with Gasteiger partial charge in [0.15, 0.2) is 5.69 Å². The number of carboxylic acids is 1. The van der Waals surface area contributed by atoms with Gasteiger partial charge in [0.2, 0.25) is 0 Å². The lowest BCUT2D eigenvalue weighted by Gasteiger charge is -2.38. The number of nitrogens with zero attached hydrogens (tertiary/aromatic N) is 1. The number of carbonyl (C=O) groups is 1. The van der Waals surface area contributed by atoms with Gasteiger partial charge in [-0.05, 0) is 40.2 Å². The molecule has 0 atom stereocenters. The molecule has 0 fully saturated rings. The Kier molecular flexibility index (Phi) is 4.58. The van der Waals surface area contributed by atoms with Crippen LogP contribution in [0, 0.1) is 6.92 Å². The lowest BCUT2D eigenvalue weighted by molar-refractivity contribution is -0.0982. The van der Waals surface area contributed by atoms with Crippen molar-refractivity contribution in [3.05, 3.63) is 23.5 Å². The lowest BCUT2D eigenvalue weighted by Crippen LogP contribution is -2.53. The summed E-state index contributed by atoms with van der Waals surface area (Å²) in [6.07, 6.45) is 1.25. The highest BCUT2D eigenvalue weighted by atomic mass is 16.5. The van der Waals surface area contributed by atoms with Gasteiger partial charge in [0.05, 0.1) is 11.2 Å². The van der Waals surface area contributed by atoms with Crippen molar-refractivity contribution in [3.8, 4) is 0 Å². The first-order valence-corrected chi connectivity index (χ1v) is 6.24. The zero-order valence-electron chi connectivity index (χ0n) is 12.3. The average Bonchev–Trinajstić information content (AvgIpc) is 2.25. The van der Waals surface area contributed by atoms with Crippen LogP contribution in [0.3, 0.4) is 0 Å². The monoisotopic (exact) mass is 281 g/mol. The zero-order valence-corrected chi connectivity index (χ0v) is 12.3. The SMILES string of the molecule is Cc1cc(B(O)OC(C)(C)C(C)(C)O)cnc1C(=O)O. The fraction of sp³-hybridized carbons (Fsp3) is 0.538. The first-order chi connectivity index (χ1) is 8.95. The number of hydrogen-bond acceptors (Lipinski definition) is 5. The zero-order chi connectivity index (χ0) is 15.7. The Bertz CT molecular complexity index is 510. The van der Waals surface area contributed by atoms with Gasteiger partial charge in [0, 0.05) is 11.7 Å². The topological polar surface area (TPSA) is 99.9 Å². The highest BCUT2D eigenvalue weighted by Crippen LogP contribution is 2.25. The third kappa shape index (κ3) is 3.56. The smallest absolute Gasteiger partial charge is 0.477 e. The predicted octanol–water partition coefficient (Wildman–Crippen LogP) is 0.342. The number of carboxylic acid groups (broad SMARTS) is 1. The van der Waals surface area contributed by atoms with Crippen LogP contribution in [0.4, 0.5) is 0 Å². The summed E-state index contributed by atoms with van der Waals surface area (Å²) >= 11 is 0. The van der Waals surface area contributed by atoms with Crippen LogP contribution in [-0.4, -0.2) is 44.5 Å². The van der Waals surface area contributed by atoms with E-state index < -0.39 is 24.3 Å². The summed E-state index contributed by atoms with van der Waals surface area (Å²) in [5.74, 6) is -1.12. The van der Waals surface area contributed by atoms with Gasteiger partial charge in [-0.3, -0.25) is 0 Å². The molecule has 0 aliphatic carbocycles. The van der Waals surface area contributed by atoms with Gasteiger partial charge in [0.25, 0.3) is 0 Å². The molecule has 0 aliphatic rings. The van der Waals surface area contributed by atoms with Crippen molar-refractivity contribution in [1.82, 2.24) is 4.98 Å². The number of aromatic carboxylic acids is 1. The summed E-state index contributed by atoms with van der Waals surface area (Å²) in [6, 6.07) is 1.50. The number of aromatic nitrogens is 1. The van der Waals surface area contributed by atoms with Crippen LogP contribution >= 0.6 is 0 Å². The van der Waals surface area contributed by atoms with Gasteiger partial charge >= 0.3 is 13.1 Å². The third-order valence-electron chi connectivity index (χ3n) is 3.47. The van der Waals surface area contributed by atoms with Gasteiger partial charge in [0.1, 0.15) is 0 Å².